The Morgan fingerprint density at radius 3 is 2.72 bits per heavy atom. The number of hydrogen-bond acceptors (Lipinski definition) is 7. The van der Waals surface area contributed by atoms with Crippen LogP contribution in [0.5, 0.6) is 12.0 Å². The quantitative estimate of drug-likeness (QED) is 0.371. The number of rotatable bonds is 4. The van der Waals surface area contributed by atoms with Crippen molar-refractivity contribution in [1.82, 2.24) is 24.8 Å². The normalized spacial score (nSPS) is 16.9. The summed E-state index contributed by atoms with van der Waals surface area (Å²) in [5.41, 5.74) is 12.9. The van der Waals surface area contributed by atoms with Crippen molar-refractivity contribution in [3.63, 3.8) is 0 Å². The fourth-order valence-electron chi connectivity index (χ4n) is 4.80. The minimum absolute atomic E-state index is 0.146. The molecule has 1 saturated carbocycles. The van der Waals surface area contributed by atoms with Crippen molar-refractivity contribution >= 4 is 17.0 Å². The fourth-order valence-corrected chi connectivity index (χ4v) is 4.80. The highest BCUT2D eigenvalue weighted by molar-refractivity contribution is 5.83. The highest BCUT2D eigenvalue weighted by atomic mass is 16.5. The number of allylic oxidation sites excluding steroid dienone is 1. The van der Waals surface area contributed by atoms with Crippen LogP contribution in [0.2, 0.25) is 0 Å². The van der Waals surface area contributed by atoms with Crippen molar-refractivity contribution in [3.05, 3.63) is 71.3 Å². The Bertz CT molecular complexity index is 1420. The number of nitrogens with zero attached hydrogens (tertiary/aromatic N) is 4. The Balaban J connectivity index is 1.33. The molecule has 0 saturated heterocycles. The van der Waals surface area contributed by atoms with Crippen molar-refractivity contribution in [2.24, 2.45) is 0 Å². The maximum absolute atomic E-state index is 10.6. The van der Waals surface area contributed by atoms with Gasteiger partial charge in [-0.25, -0.2) is 0 Å². The number of fused-ring (bicyclic) bond motifs is 3. The van der Waals surface area contributed by atoms with Crippen LogP contribution < -0.4 is 15.8 Å². The smallest absolute Gasteiger partial charge is 0.320 e. The molecule has 2 aromatic carbocycles. The van der Waals surface area contributed by atoms with Crippen molar-refractivity contribution in [2.75, 3.05) is 12.3 Å². The summed E-state index contributed by atoms with van der Waals surface area (Å²) in [5, 5.41) is 14.2. The number of benzene rings is 2. The Morgan fingerprint density at radius 2 is 1.92 bits per heavy atom. The third-order valence-corrected chi connectivity index (χ3v) is 7.08. The summed E-state index contributed by atoms with van der Waals surface area (Å²) in [6, 6.07) is 16.0. The number of anilines is 1. The SMILES string of the molecule is Nc1nc2nc3c1nc(O)n3Cc1ccc(-c3ccc(CNC4CCC4)cc3)c(c1)C/C=C\CCO2. The Labute approximate surface area is 209 Å². The van der Waals surface area contributed by atoms with E-state index in [1.165, 1.54) is 41.5 Å². The molecule has 2 aromatic heterocycles. The van der Waals surface area contributed by atoms with Crippen LogP contribution in [0.15, 0.2) is 54.6 Å². The number of nitrogens with one attached hydrogen (secondary N) is 1. The Hall–Kier alpha value is -3.91. The van der Waals surface area contributed by atoms with E-state index in [1.54, 1.807) is 4.57 Å². The van der Waals surface area contributed by atoms with Gasteiger partial charge in [-0.1, -0.05) is 61.0 Å². The molecule has 0 radical (unpaired) electrons. The molecule has 1 aliphatic carbocycles. The Kier molecular flexibility index (Phi) is 6.03. The zero-order valence-corrected chi connectivity index (χ0v) is 20.2. The van der Waals surface area contributed by atoms with Crippen LogP contribution in [0.1, 0.15) is 42.4 Å². The van der Waals surface area contributed by atoms with E-state index in [-0.39, 0.29) is 17.8 Å². The van der Waals surface area contributed by atoms with Gasteiger partial charge in [-0.3, -0.25) is 4.57 Å². The van der Waals surface area contributed by atoms with Crippen molar-refractivity contribution in [1.29, 1.82) is 0 Å². The van der Waals surface area contributed by atoms with Gasteiger partial charge >= 0.3 is 6.01 Å². The second-order valence-corrected chi connectivity index (χ2v) is 9.57. The van der Waals surface area contributed by atoms with Crippen LogP contribution in [-0.2, 0) is 19.5 Å². The summed E-state index contributed by atoms with van der Waals surface area (Å²) in [7, 11) is 0. The lowest BCUT2D eigenvalue weighted by atomic mass is 9.92. The standard InChI is InChI=1S/C28H30N6O2/c29-25-24-26-33-27(32-25)36-14-3-1-2-5-21-15-19(17-34(26)28(35)31-24)10-13-23(21)20-11-8-18(9-12-20)16-30-22-6-4-7-22/h1-2,8-13,15,22,30H,3-7,14,16-17H2,(H,31,35)(H2,29,32,33)/b2-1-. The average molecular weight is 483 g/mol. The molecule has 8 nitrogen and oxygen atoms in total. The molecule has 0 amide bonds. The Morgan fingerprint density at radius 1 is 1.06 bits per heavy atom. The van der Waals surface area contributed by atoms with E-state index in [0.717, 1.165) is 24.9 Å². The summed E-state index contributed by atoms with van der Waals surface area (Å²) >= 11 is 0. The predicted octanol–water partition coefficient (Wildman–Crippen LogP) is 4.35. The molecule has 1 fully saturated rings. The molecule has 4 bridgehead atoms. The van der Waals surface area contributed by atoms with Gasteiger partial charge in [-0.05, 0) is 53.5 Å². The van der Waals surface area contributed by atoms with Crippen molar-refractivity contribution in [3.8, 4) is 23.1 Å². The summed E-state index contributed by atoms with van der Waals surface area (Å²) in [4.78, 5) is 12.8. The third-order valence-electron chi connectivity index (χ3n) is 7.08. The van der Waals surface area contributed by atoms with Crippen LogP contribution in [0.25, 0.3) is 22.3 Å². The number of aromatic hydroxyl groups is 1. The molecular weight excluding hydrogens is 452 g/mol. The molecule has 0 atom stereocenters. The highest BCUT2D eigenvalue weighted by Gasteiger charge is 2.18. The van der Waals surface area contributed by atoms with Gasteiger partial charge < -0.3 is 20.9 Å². The summed E-state index contributed by atoms with van der Waals surface area (Å²) in [6.07, 6.45) is 9.75. The molecule has 184 valence electrons. The van der Waals surface area contributed by atoms with Gasteiger partial charge in [0.25, 0.3) is 6.01 Å². The molecular formula is C28H30N6O2. The minimum atomic E-state index is -0.146. The van der Waals surface area contributed by atoms with Crippen LogP contribution in [0.3, 0.4) is 0 Å². The first-order valence-electron chi connectivity index (χ1n) is 12.6. The summed E-state index contributed by atoms with van der Waals surface area (Å²) < 4.78 is 7.36. The number of aromatic nitrogens is 4. The number of ether oxygens (including phenoxy) is 1. The van der Waals surface area contributed by atoms with E-state index in [1.807, 2.05) is 0 Å². The third kappa shape index (κ3) is 4.52. The average Bonchev–Trinajstić information content (AvgIpc) is 3.16. The van der Waals surface area contributed by atoms with Crippen LogP contribution in [0.4, 0.5) is 5.82 Å². The number of nitrogen functional groups attached to an aromatic ring is 1. The number of nitrogens with two attached hydrogens (primary N) is 1. The molecule has 0 unspecified atom stereocenters. The maximum Gasteiger partial charge on any atom is 0.320 e. The van der Waals surface area contributed by atoms with Gasteiger partial charge in [-0.2, -0.15) is 15.0 Å². The van der Waals surface area contributed by atoms with E-state index in [2.05, 4.69) is 74.9 Å². The molecule has 36 heavy (non-hydrogen) atoms. The lowest BCUT2D eigenvalue weighted by molar-refractivity contribution is 0.300. The van der Waals surface area contributed by atoms with E-state index in [9.17, 15) is 5.11 Å². The van der Waals surface area contributed by atoms with E-state index in [0.29, 0.717) is 30.4 Å². The molecule has 1 aliphatic heterocycles. The minimum Gasteiger partial charge on any atom is -0.480 e. The first-order chi connectivity index (χ1) is 17.6. The van der Waals surface area contributed by atoms with E-state index < -0.39 is 0 Å². The van der Waals surface area contributed by atoms with E-state index in [4.69, 9.17) is 10.5 Å². The second-order valence-electron chi connectivity index (χ2n) is 9.57. The number of imidazole rings is 1. The molecule has 6 rings (SSSR count). The zero-order chi connectivity index (χ0) is 24.5. The van der Waals surface area contributed by atoms with Crippen LogP contribution in [0, 0.1) is 0 Å². The molecule has 4 aromatic rings. The predicted molar refractivity (Wildman–Crippen MR) is 140 cm³/mol. The first kappa shape index (κ1) is 22.5. The lowest BCUT2D eigenvalue weighted by Crippen LogP contribution is -2.34. The lowest BCUT2D eigenvalue weighted by Gasteiger charge is -2.26. The first-order valence-corrected chi connectivity index (χ1v) is 12.6. The van der Waals surface area contributed by atoms with Crippen molar-refractivity contribution < 1.29 is 9.84 Å². The van der Waals surface area contributed by atoms with Gasteiger partial charge in [0, 0.05) is 12.6 Å². The number of hydrogen-bond donors (Lipinski definition) is 3. The molecule has 3 heterocycles. The maximum atomic E-state index is 10.6. The van der Waals surface area contributed by atoms with Gasteiger partial charge in [0.1, 0.15) is 0 Å². The monoisotopic (exact) mass is 482 g/mol. The van der Waals surface area contributed by atoms with E-state index >= 15 is 0 Å². The van der Waals surface area contributed by atoms with Crippen LogP contribution >= 0.6 is 0 Å². The topological polar surface area (TPSA) is 111 Å². The molecule has 2 aliphatic rings. The van der Waals surface area contributed by atoms with Crippen LogP contribution in [-0.4, -0.2) is 37.3 Å². The summed E-state index contributed by atoms with van der Waals surface area (Å²) in [6.45, 7) is 1.76. The fraction of sp³-hybridized carbons (Fsp3) is 0.321. The van der Waals surface area contributed by atoms with Crippen molar-refractivity contribution in [2.45, 2.75) is 51.2 Å². The highest BCUT2D eigenvalue weighted by Crippen LogP contribution is 2.30. The van der Waals surface area contributed by atoms with Gasteiger partial charge in [0.05, 0.1) is 13.2 Å². The second kappa shape index (κ2) is 9.62. The van der Waals surface area contributed by atoms with Gasteiger partial charge in [0.15, 0.2) is 17.0 Å². The zero-order valence-electron chi connectivity index (χ0n) is 20.2. The molecule has 8 heteroatoms. The molecule has 4 N–H and O–H groups in total. The summed E-state index contributed by atoms with van der Waals surface area (Å²) in [5.74, 6) is 0.189. The van der Waals surface area contributed by atoms with Gasteiger partial charge in [0.2, 0.25) is 0 Å². The largest absolute Gasteiger partial charge is 0.480 e. The molecule has 0 spiro atoms. The van der Waals surface area contributed by atoms with Gasteiger partial charge in [-0.15, -0.1) is 0 Å².